The molecule has 0 aromatic heterocycles. The van der Waals surface area contributed by atoms with E-state index in [1.807, 2.05) is 66.7 Å². The van der Waals surface area contributed by atoms with Crippen LogP contribution in [0, 0.1) is 0 Å². The fraction of sp³-hybridized carbons (Fsp3) is 0.0400. The number of benzene rings is 4. The largest absolute Gasteiger partial charge is 0.324 e. The maximum Gasteiger partial charge on any atom is 0.170 e. The van der Waals surface area contributed by atoms with E-state index in [0.29, 0.717) is 0 Å². The van der Waals surface area contributed by atoms with Gasteiger partial charge in [0.25, 0.3) is 0 Å². The van der Waals surface area contributed by atoms with E-state index < -0.39 is 0 Å². The van der Waals surface area contributed by atoms with Gasteiger partial charge in [-0.3, -0.25) is 0 Å². The van der Waals surface area contributed by atoms with Crippen molar-refractivity contribution in [1.29, 1.82) is 0 Å². The van der Waals surface area contributed by atoms with Crippen molar-refractivity contribution in [3.8, 4) is 0 Å². The van der Waals surface area contributed by atoms with Crippen LogP contribution in [0.2, 0.25) is 5.02 Å². The second kappa shape index (κ2) is 7.53. The molecule has 0 spiro atoms. The molecule has 0 bridgehead atoms. The van der Waals surface area contributed by atoms with Crippen LogP contribution in [0.1, 0.15) is 22.9 Å². The van der Waals surface area contributed by atoms with E-state index >= 15 is 0 Å². The van der Waals surface area contributed by atoms with Gasteiger partial charge in [-0.15, -0.1) is 0 Å². The molecule has 0 fully saturated rings. The molecule has 1 heterocycles. The predicted molar refractivity (Wildman–Crippen MR) is 121 cm³/mol. The number of hydrogen-bond donors (Lipinski definition) is 1. The zero-order valence-electron chi connectivity index (χ0n) is 15.6. The van der Waals surface area contributed by atoms with Crippen LogP contribution in [0.3, 0.4) is 0 Å². The summed E-state index contributed by atoms with van der Waals surface area (Å²) in [5, 5.41) is 6.23. The van der Waals surface area contributed by atoms with Crippen molar-refractivity contribution >= 4 is 34.0 Å². The molecule has 0 radical (unpaired) electrons. The van der Waals surface area contributed by atoms with Crippen molar-refractivity contribution in [2.45, 2.75) is 6.17 Å². The number of hydrogen-bond acceptors (Lipinski definition) is 3. The third-order valence-electron chi connectivity index (χ3n) is 5.02. The summed E-state index contributed by atoms with van der Waals surface area (Å²) in [7, 11) is 0. The summed E-state index contributed by atoms with van der Waals surface area (Å²) in [5.74, 6) is 1.62. The zero-order valence-corrected chi connectivity index (χ0v) is 16.3. The van der Waals surface area contributed by atoms with Gasteiger partial charge >= 0.3 is 0 Å². The van der Waals surface area contributed by atoms with E-state index in [1.165, 1.54) is 0 Å². The van der Waals surface area contributed by atoms with Crippen molar-refractivity contribution in [1.82, 2.24) is 5.32 Å². The van der Waals surface area contributed by atoms with Gasteiger partial charge in [-0.1, -0.05) is 103 Å². The summed E-state index contributed by atoms with van der Waals surface area (Å²) in [4.78, 5) is 9.91. The lowest BCUT2D eigenvalue weighted by Gasteiger charge is -2.23. The average Bonchev–Trinajstić information content (AvgIpc) is 2.80. The number of aliphatic imine (C=N–C) groups is 2. The lowest BCUT2D eigenvalue weighted by atomic mass is 10.0. The van der Waals surface area contributed by atoms with Crippen LogP contribution < -0.4 is 5.32 Å². The minimum atomic E-state index is -0.358. The molecule has 0 atom stereocenters. The molecule has 4 aromatic rings. The smallest absolute Gasteiger partial charge is 0.170 e. The van der Waals surface area contributed by atoms with E-state index in [-0.39, 0.29) is 6.17 Å². The highest BCUT2D eigenvalue weighted by molar-refractivity contribution is 6.35. The number of rotatable bonds is 3. The first kappa shape index (κ1) is 17.7. The molecule has 0 saturated heterocycles. The van der Waals surface area contributed by atoms with Gasteiger partial charge in [-0.25, -0.2) is 9.98 Å². The molecule has 0 saturated carbocycles. The van der Waals surface area contributed by atoms with Gasteiger partial charge in [0.1, 0.15) is 11.7 Å². The first-order valence-corrected chi connectivity index (χ1v) is 9.88. The molecule has 4 heteroatoms. The van der Waals surface area contributed by atoms with Crippen molar-refractivity contribution in [3.05, 3.63) is 119 Å². The number of halogens is 1. The van der Waals surface area contributed by atoms with Crippen LogP contribution in [0.15, 0.2) is 107 Å². The van der Waals surface area contributed by atoms with E-state index in [4.69, 9.17) is 21.6 Å². The number of nitrogens with one attached hydrogen (secondary N) is 1. The summed E-state index contributed by atoms with van der Waals surface area (Å²) in [5.41, 5.74) is 3.09. The lowest BCUT2D eigenvalue weighted by Crippen LogP contribution is -2.36. The molecule has 1 N–H and O–H groups in total. The van der Waals surface area contributed by atoms with Crippen LogP contribution in [0.25, 0.3) is 10.8 Å². The summed E-state index contributed by atoms with van der Waals surface area (Å²) in [6.45, 7) is 0. The molecule has 4 aromatic carbocycles. The summed E-state index contributed by atoms with van der Waals surface area (Å²) in [6, 6.07) is 32.4. The topological polar surface area (TPSA) is 36.8 Å². The molecule has 0 aliphatic carbocycles. The predicted octanol–water partition coefficient (Wildman–Crippen LogP) is 5.99. The quantitative estimate of drug-likeness (QED) is 0.454. The lowest BCUT2D eigenvalue weighted by molar-refractivity contribution is 0.762. The molecule has 1 aliphatic rings. The second-order valence-electron chi connectivity index (χ2n) is 6.87. The number of fused-ring (bicyclic) bond motifs is 1. The van der Waals surface area contributed by atoms with Crippen LogP contribution in [-0.2, 0) is 0 Å². The fourth-order valence-electron chi connectivity index (χ4n) is 3.59. The molecule has 140 valence electrons. The normalized spacial score (nSPS) is 14.2. The van der Waals surface area contributed by atoms with Crippen LogP contribution >= 0.6 is 11.6 Å². The van der Waals surface area contributed by atoms with Gasteiger partial charge in [-0.05, 0) is 11.5 Å². The van der Waals surface area contributed by atoms with Crippen LogP contribution in [0.4, 0.5) is 0 Å². The molecular weight excluding hydrogens is 378 g/mol. The average molecular weight is 396 g/mol. The van der Waals surface area contributed by atoms with E-state index in [0.717, 1.165) is 44.2 Å². The summed E-state index contributed by atoms with van der Waals surface area (Å²) < 4.78 is 0. The Bertz CT molecular complexity index is 1180. The van der Waals surface area contributed by atoms with E-state index in [1.54, 1.807) is 0 Å². The number of amidine groups is 2. The van der Waals surface area contributed by atoms with E-state index in [9.17, 15) is 0 Å². The van der Waals surface area contributed by atoms with Crippen molar-refractivity contribution in [2.24, 2.45) is 9.98 Å². The molecule has 5 rings (SSSR count). The fourth-order valence-corrected chi connectivity index (χ4v) is 3.81. The summed E-state index contributed by atoms with van der Waals surface area (Å²) in [6.07, 6.45) is -0.358. The molecular formula is C25H18ClN3. The molecule has 0 unspecified atom stereocenters. The standard InChI is InChI=1S/C25H18ClN3/c26-22-16-15-21(19-13-7-8-14-20(19)22)25-28-23(17-9-3-1-4-10-17)27-24(29-25)18-11-5-2-6-12-18/h1-16,25H,(H,27,28,29). The Morgan fingerprint density at radius 3 is 1.69 bits per heavy atom. The highest BCUT2D eigenvalue weighted by Crippen LogP contribution is 2.33. The maximum absolute atomic E-state index is 6.43. The monoisotopic (exact) mass is 395 g/mol. The Morgan fingerprint density at radius 1 is 0.586 bits per heavy atom. The Balaban J connectivity index is 1.69. The summed E-state index contributed by atoms with van der Waals surface area (Å²) >= 11 is 6.43. The minimum absolute atomic E-state index is 0.358. The van der Waals surface area contributed by atoms with Gasteiger partial charge in [0.2, 0.25) is 0 Å². The SMILES string of the molecule is Clc1ccc(C2N=C(c3ccccc3)NC(c3ccccc3)=N2)c2ccccc12. The van der Waals surface area contributed by atoms with Crippen molar-refractivity contribution in [3.63, 3.8) is 0 Å². The van der Waals surface area contributed by atoms with E-state index in [2.05, 4.69) is 35.6 Å². The molecule has 29 heavy (non-hydrogen) atoms. The Hall–Kier alpha value is -3.43. The van der Waals surface area contributed by atoms with Gasteiger partial charge in [0, 0.05) is 27.1 Å². The first-order valence-electron chi connectivity index (χ1n) is 9.50. The van der Waals surface area contributed by atoms with Gasteiger partial charge in [-0.2, -0.15) is 0 Å². The third kappa shape index (κ3) is 3.41. The highest BCUT2D eigenvalue weighted by Gasteiger charge is 2.22. The Kier molecular flexibility index (Phi) is 4.59. The van der Waals surface area contributed by atoms with Gasteiger partial charge in [0.05, 0.1) is 0 Å². The van der Waals surface area contributed by atoms with Gasteiger partial charge < -0.3 is 5.32 Å². The first-order chi connectivity index (χ1) is 14.3. The highest BCUT2D eigenvalue weighted by atomic mass is 35.5. The minimum Gasteiger partial charge on any atom is -0.324 e. The Morgan fingerprint density at radius 2 is 1.10 bits per heavy atom. The number of nitrogens with zero attached hydrogens (tertiary/aromatic N) is 2. The zero-order chi connectivity index (χ0) is 19.6. The van der Waals surface area contributed by atoms with Crippen molar-refractivity contribution in [2.75, 3.05) is 0 Å². The molecule has 3 nitrogen and oxygen atoms in total. The molecule has 1 aliphatic heterocycles. The molecule has 0 amide bonds. The van der Waals surface area contributed by atoms with Crippen molar-refractivity contribution < 1.29 is 0 Å². The van der Waals surface area contributed by atoms with Crippen LogP contribution in [-0.4, -0.2) is 11.7 Å². The van der Waals surface area contributed by atoms with Gasteiger partial charge in [0.15, 0.2) is 6.17 Å². The Labute approximate surface area is 174 Å². The third-order valence-corrected chi connectivity index (χ3v) is 5.35. The maximum atomic E-state index is 6.43. The second-order valence-corrected chi connectivity index (χ2v) is 7.28. The van der Waals surface area contributed by atoms with Crippen LogP contribution in [0.5, 0.6) is 0 Å².